The van der Waals surface area contributed by atoms with Crippen molar-refractivity contribution in [1.82, 2.24) is 0 Å². The van der Waals surface area contributed by atoms with Crippen LogP contribution in [0.4, 0.5) is 0 Å². The molecule has 5 atom stereocenters. The first-order valence-corrected chi connectivity index (χ1v) is 6.79. The third-order valence-electron chi connectivity index (χ3n) is 3.00. The molecular weight excluding hydrogens is 229 g/mol. The number of nitrogens with two attached hydrogens (primary N) is 1. The standard InChI is InChI=1S/C10H20NO4P/c1-10(2)14-8-6(11)5-7(9(8)15-10)13-3-4-16-12/h6-9,12,16H,3-5,11H2,1-2H3/t6-,7?,8?,9-/m1/s1. The van der Waals surface area contributed by atoms with Crippen LogP contribution in [0.2, 0.25) is 0 Å². The normalized spacial score (nSPS) is 42.0. The average molecular weight is 249 g/mol. The number of fused-ring (bicyclic) bond motifs is 1. The van der Waals surface area contributed by atoms with Crippen LogP contribution in [-0.4, -0.2) is 47.8 Å². The predicted molar refractivity (Wildman–Crippen MR) is 61.6 cm³/mol. The Labute approximate surface area is 97.5 Å². The molecule has 1 heterocycles. The average Bonchev–Trinajstić information content (AvgIpc) is 2.64. The van der Waals surface area contributed by atoms with Gasteiger partial charge in [-0.05, 0) is 20.3 Å². The van der Waals surface area contributed by atoms with Crippen LogP contribution in [0.3, 0.4) is 0 Å². The fraction of sp³-hybridized carbons (Fsp3) is 1.00. The molecule has 0 aromatic rings. The number of hydrogen-bond acceptors (Lipinski definition) is 5. The van der Waals surface area contributed by atoms with Gasteiger partial charge in [0, 0.05) is 21.0 Å². The highest BCUT2D eigenvalue weighted by Crippen LogP contribution is 2.38. The van der Waals surface area contributed by atoms with Gasteiger partial charge < -0.3 is 24.8 Å². The van der Waals surface area contributed by atoms with Gasteiger partial charge in [0.1, 0.15) is 12.2 Å². The zero-order valence-electron chi connectivity index (χ0n) is 9.68. The van der Waals surface area contributed by atoms with Crippen molar-refractivity contribution in [3.63, 3.8) is 0 Å². The zero-order chi connectivity index (χ0) is 11.8. The minimum atomic E-state index is -0.562. The van der Waals surface area contributed by atoms with Crippen LogP contribution in [-0.2, 0) is 14.2 Å². The maximum absolute atomic E-state index is 8.73. The second kappa shape index (κ2) is 4.84. The summed E-state index contributed by atoms with van der Waals surface area (Å²) in [4.78, 5) is 8.73. The monoisotopic (exact) mass is 249 g/mol. The first-order valence-electron chi connectivity index (χ1n) is 5.63. The first kappa shape index (κ1) is 12.7. The Balaban J connectivity index is 1.91. The SMILES string of the molecule is CC1(C)OC2[C@H](O1)C(OCCPO)C[C@H]2N. The van der Waals surface area contributed by atoms with Gasteiger partial charge in [-0.2, -0.15) is 0 Å². The second-order valence-corrected chi connectivity index (χ2v) is 5.60. The lowest BCUT2D eigenvalue weighted by Gasteiger charge is -2.22. The molecule has 5 nitrogen and oxygen atoms in total. The van der Waals surface area contributed by atoms with Crippen LogP contribution >= 0.6 is 8.81 Å². The van der Waals surface area contributed by atoms with Crippen molar-refractivity contribution in [2.75, 3.05) is 12.8 Å². The molecule has 6 heteroatoms. The fourth-order valence-electron chi connectivity index (χ4n) is 2.39. The lowest BCUT2D eigenvalue weighted by molar-refractivity contribution is -0.167. The zero-order valence-corrected chi connectivity index (χ0v) is 10.7. The molecule has 0 aromatic carbocycles. The highest BCUT2D eigenvalue weighted by Gasteiger charge is 2.53. The van der Waals surface area contributed by atoms with E-state index >= 15 is 0 Å². The van der Waals surface area contributed by atoms with Gasteiger partial charge in [-0.15, -0.1) is 0 Å². The molecule has 1 saturated heterocycles. The van der Waals surface area contributed by atoms with Crippen molar-refractivity contribution in [3.05, 3.63) is 0 Å². The molecule has 94 valence electrons. The summed E-state index contributed by atoms with van der Waals surface area (Å²) in [5.74, 6) is -0.562. The molecular formula is C10H20NO4P. The Morgan fingerprint density at radius 1 is 1.44 bits per heavy atom. The molecule has 0 radical (unpaired) electrons. The van der Waals surface area contributed by atoms with Gasteiger partial charge >= 0.3 is 0 Å². The summed E-state index contributed by atoms with van der Waals surface area (Å²) in [5.41, 5.74) is 6.00. The number of ether oxygens (including phenoxy) is 3. The summed E-state index contributed by atoms with van der Waals surface area (Å²) in [6.45, 7) is 4.34. The van der Waals surface area contributed by atoms with E-state index in [1.807, 2.05) is 13.8 Å². The van der Waals surface area contributed by atoms with Crippen LogP contribution in [0.25, 0.3) is 0 Å². The highest BCUT2D eigenvalue weighted by atomic mass is 31.1. The second-order valence-electron chi connectivity index (χ2n) is 4.78. The Hall–Kier alpha value is 0.230. The van der Waals surface area contributed by atoms with Gasteiger partial charge in [0.05, 0.1) is 12.7 Å². The van der Waals surface area contributed by atoms with E-state index in [4.69, 9.17) is 24.8 Å². The van der Waals surface area contributed by atoms with Crippen LogP contribution in [0.5, 0.6) is 0 Å². The molecule has 0 amide bonds. The molecule has 2 rings (SSSR count). The van der Waals surface area contributed by atoms with Gasteiger partial charge in [0.25, 0.3) is 0 Å². The quantitative estimate of drug-likeness (QED) is 0.550. The minimum Gasteiger partial charge on any atom is -0.377 e. The lowest BCUT2D eigenvalue weighted by atomic mass is 10.2. The molecule has 3 N–H and O–H groups in total. The highest BCUT2D eigenvalue weighted by molar-refractivity contribution is 7.31. The van der Waals surface area contributed by atoms with E-state index in [0.29, 0.717) is 12.8 Å². The largest absolute Gasteiger partial charge is 0.377 e. The molecule has 0 spiro atoms. The third kappa shape index (κ3) is 2.55. The summed E-state index contributed by atoms with van der Waals surface area (Å²) in [7, 11) is -0.0628. The summed E-state index contributed by atoms with van der Waals surface area (Å²) >= 11 is 0. The summed E-state index contributed by atoms with van der Waals surface area (Å²) in [6.07, 6.45) is 1.31. The van der Waals surface area contributed by atoms with Crippen molar-refractivity contribution >= 4 is 8.81 Å². The maximum Gasteiger partial charge on any atom is 0.163 e. The summed E-state index contributed by atoms with van der Waals surface area (Å²) in [6, 6.07) is -0.0200. The Bertz CT molecular complexity index is 251. The van der Waals surface area contributed by atoms with Crippen LogP contribution in [0.15, 0.2) is 0 Å². The van der Waals surface area contributed by atoms with Gasteiger partial charge in [-0.25, -0.2) is 0 Å². The van der Waals surface area contributed by atoms with Crippen molar-refractivity contribution in [2.24, 2.45) is 5.73 Å². The van der Waals surface area contributed by atoms with E-state index in [9.17, 15) is 0 Å². The Morgan fingerprint density at radius 3 is 2.81 bits per heavy atom. The summed E-state index contributed by atoms with van der Waals surface area (Å²) in [5, 5.41) is 0. The Morgan fingerprint density at radius 2 is 2.12 bits per heavy atom. The van der Waals surface area contributed by atoms with E-state index in [0.717, 1.165) is 6.42 Å². The molecule has 2 aliphatic rings. The van der Waals surface area contributed by atoms with Gasteiger partial charge in [-0.1, -0.05) is 0 Å². The van der Waals surface area contributed by atoms with Crippen molar-refractivity contribution in [3.8, 4) is 0 Å². The molecule has 16 heavy (non-hydrogen) atoms. The maximum atomic E-state index is 8.73. The van der Waals surface area contributed by atoms with Crippen molar-refractivity contribution in [1.29, 1.82) is 0 Å². The Kier molecular flexibility index (Phi) is 3.84. The van der Waals surface area contributed by atoms with Gasteiger partial charge in [0.15, 0.2) is 5.79 Å². The van der Waals surface area contributed by atoms with E-state index in [1.54, 1.807) is 0 Å². The smallest absolute Gasteiger partial charge is 0.163 e. The third-order valence-corrected chi connectivity index (χ3v) is 3.43. The van der Waals surface area contributed by atoms with Gasteiger partial charge in [0.2, 0.25) is 0 Å². The van der Waals surface area contributed by atoms with Crippen molar-refractivity contribution < 1.29 is 19.1 Å². The minimum absolute atomic E-state index is 0.00174. The lowest BCUT2D eigenvalue weighted by Crippen LogP contribution is -2.35. The molecule has 1 aliphatic heterocycles. The topological polar surface area (TPSA) is 73.9 Å². The summed E-state index contributed by atoms with van der Waals surface area (Å²) < 4.78 is 17.2. The van der Waals surface area contributed by atoms with Crippen LogP contribution < -0.4 is 5.73 Å². The van der Waals surface area contributed by atoms with Crippen molar-refractivity contribution in [2.45, 2.75) is 50.4 Å². The van der Waals surface area contributed by atoms with E-state index in [1.165, 1.54) is 0 Å². The van der Waals surface area contributed by atoms with E-state index in [2.05, 4.69) is 0 Å². The van der Waals surface area contributed by atoms with Crippen LogP contribution in [0.1, 0.15) is 20.3 Å². The van der Waals surface area contributed by atoms with Gasteiger partial charge in [-0.3, -0.25) is 0 Å². The molecule has 0 aromatic heterocycles. The number of rotatable bonds is 4. The first-order chi connectivity index (χ1) is 7.53. The number of hydrogen-bond donors (Lipinski definition) is 2. The fourth-order valence-corrected chi connectivity index (χ4v) is 2.60. The van der Waals surface area contributed by atoms with E-state index < -0.39 is 5.79 Å². The predicted octanol–water partition coefficient (Wildman–Crippen LogP) is 0.208. The molecule has 3 unspecified atom stereocenters. The van der Waals surface area contributed by atoms with E-state index in [-0.39, 0.29) is 33.2 Å². The van der Waals surface area contributed by atoms with Crippen LogP contribution in [0, 0.1) is 0 Å². The molecule has 1 aliphatic carbocycles. The molecule has 1 saturated carbocycles. The molecule has 2 fully saturated rings. The molecule has 0 bridgehead atoms.